The van der Waals surface area contributed by atoms with Crippen LogP contribution < -0.4 is 10.3 Å². The van der Waals surface area contributed by atoms with E-state index in [1.807, 2.05) is 0 Å². The first-order valence-corrected chi connectivity index (χ1v) is 6.27. The second-order valence-corrected chi connectivity index (χ2v) is 4.69. The van der Waals surface area contributed by atoms with Crippen molar-refractivity contribution in [3.8, 4) is 6.01 Å². The molecule has 1 aromatic rings. The molecule has 2 heterocycles. The van der Waals surface area contributed by atoms with Gasteiger partial charge in [-0.1, -0.05) is 0 Å². The molecule has 0 spiro atoms. The number of hydrogen-bond donors (Lipinski definition) is 2. The first kappa shape index (κ1) is 14.9. The third-order valence-corrected chi connectivity index (χ3v) is 3.23. The molecule has 0 aliphatic carbocycles. The summed E-state index contributed by atoms with van der Waals surface area (Å²) in [5.41, 5.74) is -2.68. The number of aliphatic hydroxyl groups excluding tert-OH is 2. The maximum atomic E-state index is 14.6. The van der Waals surface area contributed by atoms with E-state index in [0.717, 1.165) is 13.0 Å². The average Bonchev–Trinajstić information content (AvgIpc) is 2.62. The summed E-state index contributed by atoms with van der Waals surface area (Å²) >= 11 is 0. The second kappa shape index (κ2) is 5.47. The SMILES string of the molecule is CCOc1nc(=O)ccn1[C@@H]1O[C@H](CO)[C@H](O)C1(C)F. The summed E-state index contributed by atoms with van der Waals surface area (Å²) in [6, 6.07) is 1.04. The number of hydrogen-bond acceptors (Lipinski definition) is 6. The molecular weight excluding hydrogens is 271 g/mol. The minimum atomic E-state index is -2.16. The Labute approximate surface area is 114 Å². The summed E-state index contributed by atoms with van der Waals surface area (Å²) in [7, 11) is 0. The number of aromatic nitrogens is 2. The van der Waals surface area contributed by atoms with E-state index in [-0.39, 0.29) is 12.6 Å². The summed E-state index contributed by atoms with van der Waals surface area (Å²) in [5.74, 6) is 0. The van der Waals surface area contributed by atoms with Crippen molar-refractivity contribution in [2.75, 3.05) is 13.2 Å². The Balaban J connectivity index is 2.43. The van der Waals surface area contributed by atoms with Gasteiger partial charge < -0.3 is 19.7 Å². The van der Waals surface area contributed by atoms with Gasteiger partial charge in [0, 0.05) is 12.3 Å². The van der Waals surface area contributed by atoms with Gasteiger partial charge in [0.05, 0.1) is 13.2 Å². The Morgan fingerprint density at radius 3 is 2.90 bits per heavy atom. The van der Waals surface area contributed by atoms with Crippen LogP contribution in [0.5, 0.6) is 6.01 Å². The lowest BCUT2D eigenvalue weighted by Gasteiger charge is -2.26. The van der Waals surface area contributed by atoms with Gasteiger partial charge in [-0.2, -0.15) is 4.98 Å². The van der Waals surface area contributed by atoms with Crippen molar-refractivity contribution in [2.24, 2.45) is 0 Å². The van der Waals surface area contributed by atoms with Crippen molar-refractivity contribution < 1.29 is 24.1 Å². The molecule has 2 rings (SSSR count). The molecule has 1 fully saturated rings. The smallest absolute Gasteiger partial charge is 0.301 e. The second-order valence-electron chi connectivity index (χ2n) is 4.69. The van der Waals surface area contributed by atoms with Gasteiger partial charge in [0.25, 0.3) is 5.56 Å². The van der Waals surface area contributed by atoms with Gasteiger partial charge in [0.1, 0.15) is 12.2 Å². The zero-order chi connectivity index (χ0) is 14.9. The normalized spacial score (nSPS) is 33.4. The van der Waals surface area contributed by atoms with Crippen LogP contribution in [0, 0.1) is 0 Å². The van der Waals surface area contributed by atoms with Crippen LogP contribution in [0.25, 0.3) is 0 Å². The maximum Gasteiger partial charge on any atom is 0.301 e. The highest BCUT2D eigenvalue weighted by Crippen LogP contribution is 2.42. The Hall–Kier alpha value is -1.51. The Morgan fingerprint density at radius 1 is 1.65 bits per heavy atom. The van der Waals surface area contributed by atoms with Crippen LogP contribution in [0.2, 0.25) is 0 Å². The van der Waals surface area contributed by atoms with Gasteiger partial charge in [0.2, 0.25) is 0 Å². The van der Waals surface area contributed by atoms with Crippen molar-refractivity contribution in [1.82, 2.24) is 9.55 Å². The summed E-state index contributed by atoms with van der Waals surface area (Å²) in [4.78, 5) is 14.9. The molecule has 1 aliphatic heterocycles. The first-order chi connectivity index (χ1) is 9.41. The van der Waals surface area contributed by atoms with Gasteiger partial charge in [0.15, 0.2) is 11.9 Å². The highest BCUT2D eigenvalue weighted by molar-refractivity contribution is 5.07. The Morgan fingerprint density at radius 2 is 2.35 bits per heavy atom. The predicted octanol–water partition coefficient (Wildman–Crippen LogP) is -0.379. The van der Waals surface area contributed by atoms with Crippen molar-refractivity contribution in [3.63, 3.8) is 0 Å². The molecule has 0 radical (unpaired) electrons. The molecule has 2 N–H and O–H groups in total. The average molecular weight is 288 g/mol. The zero-order valence-electron chi connectivity index (χ0n) is 11.2. The van der Waals surface area contributed by atoms with E-state index >= 15 is 0 Å². The quantitative estimate of drug-likeness (QED) is 0.784. The van der Waals surface area contributed by atoms with Gasteiger partial charge in [-0.15, -0.1) is 0 Å². The molecule has 1 aromatic heterocycles. The van der Waals surface area contributed by atoms with Gasteiger partial charge in [-0.05, 0) is 13.8 Å². The van der Waals surface area contributed by atoms with E-state index in [2.05, 4.69) is 4.98 Å². The molecule has 7 nitrogen and oxygen atoms in total. The van der Waals surface area contributed by atoms with E-state index in [4.69, 9.17) is 14.6 Å². The highest BCUT2D eigenvalue weighted by atomic mass is 19.1. The summed E-state index contributed by atoms with van der Waals surface area (Å²) in [5, 5.41) is 18.9. The summed E-state index contributed by atoms with van der Waals surface area (Å²) < 4.78 is 26.3. The van der Waals surface area contributed by atoms with E-state index < -0.39 is 36.3 Å². The van der Waals surface area contributed by atoms with Crippen molar-refractivity contribution in [1.29, 1.82) is 0 Å². The topological polar surface area (TPSA) is 93.8 Å². The number of nitrogens with zero attached hydrogens (tertiary/aromatic N) is 2. The molecule has 112 valence electrons. The molecule has 4 atom stereocenters. The fraction of sp³-hybridized carbons (Fsp3) is 0.667. The minimum absolute atomic E-state index is 0.0975. The lowest BCUT2D eigenvalue weighted by molar-refractivity contribution is -0.0632. The largest absolute Gasteiger partial charge is 0.465 e. The molecule has 0 aromatic carbocycles. The molecule has 1 saturated heterocycles. The van der Waals surface area contributed by atoms with Crippen LogP contribution in [-0.4, -0.2) is 50.9 Å². The maximum absolute atomic E-state index is 14.6. The molecule has 0 saturated carbocycles. The Kier molecular flexibility index (Phi) is 4.07. The third kappa shape index (κ3) is 2.41. The van der Waals surface area contributed by atoms with Crippen LogP contribution in [0.3, 0.4) is 0 Å². The molecule has 0 amide bonds. The number of alkyl halides is 1. The van der Waals surface area contributed by atoms with Crippen molar-refractivity contribution in [2.45, 2.75) is 38.0 Å². The molecular formula is C12H17FN2O5. The van der Waals surface area contributed by atoms with Gasteiger partial charge in [-0.25, -0.2) is 4.39 Å². The summed E-state index contributed by atoms with van der Waals surface area (Å²) in [6.45, 7) is 2.57. The van der Waals surface area contributed by atoms with Gasteiger partial charge in [-0.3, -0.25) is 9.36 Å². The molecule has 8 heteroatoms. The third-order valence-electron chi connectivity index (χ3n) is 3.23. The first-order valence-electron chi connectivity index (χ1n) is 6.27. The highest BCUT2D eigenvalue weighted by Gasteiger charge is 2.55. The molecule has 20 heavy (non-hydrogen) atoms. The lowest BCUT2D eigenvalue weighted by Crippen LogP contribution is -2.40. The van der Waals surface area contributed by atoms with Crippen molar-refractivity contribution >= 4 is 0 Å². The van der Waals surface area contributed by atoms with Crippen LogP contribution in [0.15, 0.2) is 17.1 Å². The molecule has 1 aliphatic rings. The number of ether oxygens (including phenoxy) is 2. The zero-order valence-corrected chi connectivity index (χ0v) is 11.2. The minimum Gasteiger partial charge on any atom is -0.465 e. The predicted molar refractivity (Wildman–Crippen MR) is 66.2 cm³/mol. The summed E-state index contributed by atoms with van der Waals surface area (Å²) in [6.07, 6.45) is -2.51. The van der Waals surface area contributed by atoms with E-state index in [1.54, 1.807) is 6.92 Å². The fourth-order valence-electron chi connectivity index (χ4n) is 2.17. The molecule has 1 unspecified atom stereocenters. The standard InChI is InChI=1S/C12H17FN2O5/c1-3-19-11-14-8(17)4-5-15(11)10-12(2,13)9(18)7(6-16)20-10/h4-5,7,9-10,16,18H,3,6H2,1-2H3/t7-,9+,10-,12?/m1/s1. The molecule has 0 bridgehead atoms. The number of rotatable bonds is 4. The van der Waals surface area contributed by atoms with Crippen LogP contribution in [0.4, 0.5) is 4.39 Å². The van der Waals surface area contributed by atoms with Crippen LogP contribution >= 0.6 is 0 Å². The Bertz CT molecular complexity index is 533. The van der Waals surface area contributed by atoms with Crippen LogP contribution in [-0.2, 0) is 4.74 Å². The lowest BCUT2D eigenvalue weighted by atomic mass is 9.98. The van der Waals surface area contributed by atoms with Crippen molar-refractivity contribution in [3.05, 3.63) is 22.6 Å². The van der Waals surface area contributed by atoms with Gasteiger partial charge >= 0.3 is 6.01 Å². The van der Waals surface area contributed by atoms with Crippen LogP contribution in [0.1, 0.15) is 20.1 Å². The fourth-order valence-corrected chi connectivity index (χ4v) is 2.17. The van der Waals surface area contributed by atoms with E-state index in [1.165, 1.54) is 10.8 Å². The van der Waals surface area contributed by atoms with E-state index in [0.29, 0.717) is 0 Å². The number of aliphatic hydroxyl groups is 2. The van der Waals surface area contributed by atoms with E-state index in [9.17, 15) is 14.3 Å². The monoisotopic (exact) mass is 288 g/mol. The number of halogens is 1.